The van der Waals surface area contributed by atoms with Crippen LogP contribution < -0.4 is 16.2 Å². The lowest BCUT2D eigenvalue weighted by Crippen LogP contribution is -2.21. The Morgan fingerprint density at radius 1 is 1.53 bits per heavy atom. The second kappa shape index (κ2) is 6.05. The molecule has 0 aliphatic rings. The zero-order valence-corrected chi connectivity index (χ0v) is 9.91. The van der Waals surface area contributed by atoms with E-state index in [-0.39, 0.29) is 22.3 Å². The number of nitrogens with zero attached hydrogens (tertiary/aromatic N) is 2. The summed E-state index contributed by atoms with van der Waals surface area (Å²) < 4.78 is 18.8. The number of hydrogen-bond acceptors (Lipinski definition) is 3. The van der Waals surface area contributed by atoms with Crippen molar-refractivity contribution in [2.45, 2.75) is 6.92 Å². The highest BCUT2D eigenvalue weighted by molar-refractivity contribution is 6.32. The Bertz CT molecular complexity index is 458. The Morgan fingerprint density at radius 3 is 2.82 bits per heavy atom. The number of halogens is 2. The molecule has 0 fully saturated rings. The van der Waals surface area contributed by atoms with Crippen LogP contribution in [0.3, 0.4) is 0 Å². The first-order valence-corrected chi connectivity index (χ1v) is 5.16. The normalized spacial score (nSPS) is 10.5. The minimum Gasteiger partial charge on any atom is -0.492 e. The van der Waals surface area contributed by atoms with Gasteiger partial charge in [-0.1, -0.05) is 11.6 Å². The molecular formula is C10H12ClFN4O. The van der Waals surface area contributed by atoms with Gasteiger partial charge in [0.05, 0.1) is 12.8 Å². The van der Waals surface area contributed by atoms with E-state index in [0.717, 1.165) is 6.21 Å². The van der Waals surface area contributed by atoms with Crippen LogP contribution in [0.5, 0.6) is 5.75 Å². The van der Waals surface area contributed by atoms with Crippen LogP contribution in [0.15, 0.2) is 22.3 Å². The molecule has 0 amide bonds. The van der Waals surface area contributed by atoms with E-state index in [1.807, 2.05) is 0 Å². The Balaban J connectivity index is 3.00. The van der Waals surface area contributed by atoms with Gasteiger partial charge in [-0.2, -0.15) is 5.10 Å². The van der Waals surface area contributed by atoms with E-state index in [9.17, 15) is 4.39 Å². The van der Waals surface area contributed by atoms with E-state index in [4.69, 9.17) is 27.8 Å². The summed E-state index contributed by atoms with van der Waals surface area (Å²) in [6.45, 7) is 2.18. The summed E-state index contributed by atoms with van der Waals surface area (Å²) in [6.07, 6.45) is 1.16. The molecule has 7 heteroatoms. The molecule has 0 bridgehead atoms. The Kier molecular flexibility index (Phi) is 4.71. The summed E-state index contributed by atoms with van der Waals surface area (Å²) in [7, 11) is 0. The van der Waals surface area contributed by atoms with E-state index in [1.165, 1.54) is 6.07 Å². The second-order valence-electron chi connectivity index (χ2n) is 2.98. The summed E-state index contributed by atoms with van der Waals surface area (Å²) in [5, 5.41) is 6.75. The van der Waals surface area contributed by atoms with Crippen LogP contribution in [0.4, 0.5) is 4.39 Å². The van der Waals surface area contributed by atoms with Crippen molar-refractivity contribution in [3.8, 4) is 5.75 Å². The van der Waals surface area contributed by atoms with Crippen molar-refractivity contribution in [2.24, 2.45) is 21.7 Å². The third-order valence-corrected chi connectivity index (χ3v) is 2.10. The molecule has 1 aromatic carbocycles. The number of nitrogens with two attached hydrogens (primary N) is 2. The molecule has 5 nitrogen and oxygen atoms in total. The smallest absolute Gasteiger partial charge is 0.211 e. The molecule has 17 heavy (non-hydrogen) atoms. The van der Waals surface area contributed by atoms with Crippen molar-refractivity contribution in [1.82, 2.24) is 0 Å². The van der Waals surface area contributed by atoms with Crippen LogP contribution >= 0.6 is 11.6 Å². The van der Waals surface area contributed by atoms with Crippen molar-refractivity contribution in [1.29, 1.82) is 0 Å². The molecule has 0 saturated heterocycles. The number of rotatable bonds is 4. The predicted octanol–water partition coefficient (Wildman–Crippen LogP) is 1.49. The van der Waals surface area contributed by atoms with E-state index in [1.54, 1.807) is 13.0 Å². The van der Waals surface area contributed by atoms with Crippen molar-refractivity contribution in [3.63, 3.8) is 0 Å². The monoisotopic (exact) mass is 258 g/mol. The average molecular weight is 259 g/mol. The SMILES string of the molecule is CCOc1ccc(C=NN=C(N)N)c(F)c1Cl. The minimum atomic E-state index is -0.632. The lowest BCUT2D eigenvalue weighted by molar-refractivity contribution is 0.338. The third kappa shape index (κ3) is 3.60. The molecule has 92 valence electrons. The minimum absolute atomic E-state index is 0.0968. The molecule has 0 unspecified atom stereocenters. The van der Waals surface area contributed by atoms with Crippen LogP contribution in [0, 0.1) is 5.82 Å². The number of guanidine groups is 1. The van der Waals surface area contributed by atoms with Gasteiger partial charge in [0, 0.05) is 5.56 Å². The van der Waals surface area contributed by atoms with Crippen molar-refractivity contribution in [2.75, 3.05) is 6.61 Å². The topological polar surface area (TPSA) is 86.0 Å². The highest BCUT2D eigenvalue weighted by Gasteiger charge is 2.10. The number of benzene rings is 1. The van der Waals surface area contributed by atoms with Crippen molar-refractivity contribution < 1.29 is 9.13 Å². The fraction of sp³-hybridized carbons (Fsp3) is 0.200. The molecule has 1 rings (SSSR count). The van der Waals surface area contributed by atoms with Crippen molar-refractivity contribution in [3.05, 3.63) is 28.5 Å². The van der Waals surface area contributed by atoms with Gasteiger partial charge in [0.15, 0.2) is 5.82 Å². The van der Waals surface area contributed by atoms with Gasteiger partial charge in [0.1, 0.15) is 10.8 Å². The predicted molar refractivity (Wildman–Crippen MR) is 66.0 cm³/mol. The van der Waals surface area contributed by atoms with Crippen LogP contribution in [0.25, 0.3) is 0 Å². The van der Waals surface area contributed by atoms with Gasteiger partial charge in [-0.25, -0.2) is 4.39 Å². The molecule has 0 spiro atoms. The quantitative estimate of drug-likeness (QED) is 0.487. The lowest BCUT2D eigenvalue weighted by atomic mass is 10.2. The van der Waals surface area contributed by atoms with Crippen LogP contribution in [0.1, 0.15) is 12.5 Å². The van der Waals surface area contributed by atoms with Gasteiger partial charge in [-0.15, -0.1) is 5.10 Å². The van der Waals surface area contributed by atoms with E-state index in [2.05, 4.69) is 10.2 Å². The molecular weight excluding hydrogens is 247 g/mol. The van der Waals surface area contributed by atoms with Crippen molar-refractivity contribution >= 4 is 23.8 Å². The van der Waals surface area contributed by atoms with Crippen LogP contribution in [0.2, 0.25) is 5.02 Å². The molecule has 1 aromatic rings. The molecule has 0 radical (unpaired) electrons. The highest BCUT2D eigenvalue weighted by atomic mass is 35.5. The maximum atomic E-state index is 13.7. The Labute approximate surface area is 103 Å². The molecule has 0 heterocycles. The van der Waals surface area contributed by atoms with Crippen LogP contribution in [-0.4, -0.2) is 18.8 Å². The third-order valence-electron chi connectivity index (χ3n) is 1.75. The lowest BCUT2D eigenvalue weighted by Gasteiger charge is -2.07. The summed E-state index contributed by atoms with van der Waals surface area (Å²) in [6, 6.07) is 3.02. The largest absolute Gasteiger partial charge is 0.492 e. The number of hydrogen-bond donors (Lipinski definition) is 2. The summed E-state index contributed by atoms with van der Waals surface area (Å²) in [5.74, 6) is -0.559. The molecule has 0 aromatic heterocycles. The van der Waals surface area contributed by atoms with E-state index < -0.39 is 5.82 Å². The molecule has 0 aliphatic heterocycles. The standard InChI is InChI=1S/C10H12ClFN4O/c1-2-17-7-4-3-6(9(12)8(7)11)5-15-16-10(13)14/h3-5H,2H2,1H3,(H4,13,14,16). The summed E-state index contributed by atoms with van der Waals surface area (Å²) in [4.78, 5) is 0. The first-order valence-electron chi connectivity index (χ1n) is 4.79. The zero-order chi connectivity index (χ0) is 12.8. The van der Waals surface area contributed by atoms with Gasteiger partial charge in [0.25, 0.3) is 0 Å². The second-order valence-corrected chi connectivity index (χ2v) is 3.36. The fourth-order valence-corrected chi connectivity index (χ4v) is 1.30. The van der Waals surface area contributed by atoms with E-state index in [0.29, 0.717) is 6.61 Å². The van der Waals surface area contributed by atoms with Gasteiger partial charge in [-0.05, 0) is 19.1 Å². The Morgan fingerprint density at radius 2 is 2.24 bits per heavy atom. The first-order chi connectivity index (χ1) is 8.06. The molecule has 0 aliphatic carbocycles. The Hall–Kier alpha value is -1.82. The maximum Gasteiger partial charge on any atom is 0.211 e. The fourth-order valence-electron chi connectivity index (χ4n) is 1.07. The molecule has 0 atom stereocenters. The molecule has 0 saturated carbocycles. The average Bonchev–Trinajstić information content (AvgIpc) is 2.28. The van der Waals surface area contributed by atoms with Gasteiger partial charge in [-0.3, -0.25) is 0 Å². The van der Waals surface area contributed by atoms with Gasteiger partial charge < -0.3 is 16.2 Å². The first kappa shape index (κ1) is 13.2. The summed E-state index contributed by atoms with van der Waals surface area (Å²) in [5.41, 5.74) is 10.3. The van der Waals surface area contributed by atoms with Crippen LogP contribution in [-0.2, 0) is 0 Å². The highest BCUT2D eigenvalue weighted by Crippen LogP contribution is 2.28. The molecule has 4 N–H and O–H groups in total. The van der Waals surface area contributed by atoms with Gasteiger partial charge >= 0.3 is 0 Å². The summed E-state index contributed by atoms with van der Waals surface area (Å²) >= 11 is 5.77. The van der Waals surface area contributed by atoms with Gasteiger partial charge in [0.2, 0.25) is 5.96 Å². The zero-order valence-electron chi connectivity index (χ0n) is 9.15. The number of ether oxygens (including phenoxy) is 1. The maximum absolute atomic E-state index is 13.7. The van der Waals surface area contributed by atoms with E-state index >= 15 is 0 Å².